The zero-order valence-corrected chi connectivity index (χ0v) is 19.0. The van der Waals surface area contributed by atoms with Gasteiger partial charge in [0, 0.05) is 17.0 Å². The smallest absolute Gasteiger partial charge is 0.302 e. The number of carbonyl (C=O) groups is 1. The summed E-state index contributed by atoms with van der Waals surface area (Å²) in [4.78, 5) is 18.5. The summed E-state index contributed by atoms with van der Waals surface area (Å²) in [6.07, 6.45) is 2.07. The Kier molecular flexibility index (Phi) is 7.09. The third-order valence-electron chi connectivity index (χ3n) is 5.92. The molecule has 0 N–H and O–H groups in total. The van der Waals surface area contributed by atoms with Crippen molar-refractivity contribution in [2.24, 2.45) is 0 Å². The van der Waals surface area contributed by atoms with Crippen LogP contribution in [0, 0.1) is 6.92 Å². The van der Waals surface area contributed by atoms with Crippen molar-refractivity contribution in [2.75, 3.05) is 13.1 Å². The Morgan fingerprint density at radius 2 is 1.91 bits per heavy atom. The van der Waals surface area contributed by atoms with Gasteiger partial charge in [0.25, 0.3) is 0 Å². The van der Waals surface area contributed by atoms with E-state index in [1.807, 2.05) is 52.8 Å². The Balaban J connectivity index is 1.34. The summed E-state index contributed by atoms with van der Waals surface area (Å²) < 4.78 is 40.1. The standard InChI is InChI=1S/C24H25F3N4OS/c1-17-13-22(24(25,26)27)29-31(17)14-21(15-32)30-11-9-19(10-12-30)23-28-20(16-33-23)8-7-18-5-3-2-4-6-18/h2-8,13,15-16,19,21H,9-12,14H2,1H3. The molecule has 1 saturated heterocycles. The number of aldehydes is 1. The van der Waals surface area contributed by atoms with Crippen LogP contribution < -0.4 is 0 Å². The summed E-state index contributed by atoms with van der Waals surface area (Å²) in [6.45, 7) is 3.06. The number of hydrogen-bond donors (Lipinski definition) is 0. The number of alkyl halides is 3. The normalized spacial score (nSPS) is 17.0. The highest BCUT2D eigenvalue weighted by molar-refractivity contribution is 7.09. The third kappa shape index (κ3) is 5.78. The average molecular weight is 475 g/mol. The second-order valence-electron chi connectivity index (χ2n) is 8.22. The topological polar surface area (TPSA) is 51.0 Å². The lowest BCUT2D eigenvalue weighted by atomic mass is 9.96. The van der Waals surface area contributed by atoms with Crippen molar-refractivity contribution >= 4 is 29.8 Å². The SMILES string of the molecule is Cc1cc(C(F)(F)F)nn1CC(C=O)N1CCC(c2nc(C=Cc3ccccc3)cs2)CC1. The number of likely N-dealkylation sites (tertiary alicyclic amines) is 1. The number of rotatable bonds is 7. The Hall–Kier alpha value is -2.78. The molecular weight excluding hydrogens is 449 g/mol. The van der Waals surface area contributed by atoms with Gasteiger partial charge in [-0.25, -0.2) is 4.98 Å². The second kappa shape index (κ2) is 10.0. The molecule has 0 saturated carbocycles. The summed E-state index contributed by atoms with van der Waals surface area (Å²) in [6, 6.07) is 10.6. The first-order valence-electron chi connectivity index (χ1n) is 10.8. The number of hydrogen-bond acceptors (Lipinski definition) is 5. The van der Waals surface area contributed by atoms with Crippen LogP contribution in [0.2, 0.25) is 0 Å². The van der Waals surface area contributed by atoms with Gasteiger partial charge in [0.05, 0.1) is 23.3 Å². The highest BCUT2D eigenvalue weighted by atomic mass is 32.1. The summed E-state index contributed by atoms with van der Waals surface area (Å²) in [5.74, 6) is 0.320. The van der Waals surface area contributed by atoms with Crippen molar-refractivity contribution in [2.45, 2.75) is 44.4 Å². The summed E-state index contributed by atoms with van der Waals surface area (Å²) >= 11 is 1.65. The van der Waals surface area contributed by atoms with Crippen LogP contribution in [-0.2, 0) is 17.5 Å². The van der Waals surface area contributed by atoms with Gasteiger partial charge >= 0.3 is 6.18 Å². The molecule has 0 bridgehead atoms. The van der Waals surface area contributed by atoms with E-state index in [2.05, 4.69) is 5.10 Å². The van der Waals surface area contributed by atoms with Crippen LogP contribution in [0.3, 0.4) is 0 Å². The Labute approximate surface area is 194 Å². The highest BCUT2D eigenvalue weighted by Crippen LogP contribution is 2.32. The van der Waals surface area contributed by atoms with Gasteiger partial charge in [0.1, 0.15) is 6.29 Å². The van der Waals surface area contributed by atoms with Gasteiger partial charge in [-0.05, 0) is 50.6 Å². The third-order valence-corrected chi connectivity index (χ3v) is 6.95. The molecule has 5 nitrogen and oxygen atoms in total. The Morgan fingerprint density at radius 3 is 2.55 bits per heavy atom. The van der Waals surface area contributed by atoms with Gasteiger partial charge in [0.15, 0.2) is 5.69 Å². The van der Waals surface area contributed by atoms with Gasteiger partial charge in [-0.1, -0.05) is 36.4 Å². The maximum absolute atomic E-state index is 12.9. The molecule has 0 spiro atoms. The van der Waals surface area contributed by atoms with Gasteiger partial charge in [0.2, 0.25) is 0 Å². The number of aromatic nitrogens is 3. The van der Waals surface area contributed by atoms with E-state index >= 15 is 0 Å². The molecule has 9 heteroatoms. The molecule has 1 aliphatic heterocycles. The number of benzene rings is 1. The van der Waals surface area contributed by atoms with Crippen LogP contribution in [0.5, 0.6) is 0 Å². The minimum absolute atomic E-state index is 0.113. The first-order valence-corrected chi connectivity index (χ1v) is 11.7. The van der Waals surface area contributed by atoms with Gasteiger partial charge in [-0.3, -0.25) is 9.58 Å². The van der Waals surface area contributed by atoms with Crippen molar-refractivity contribution in [3.8, 4) is 0 Å². The Morgan fingerprint density at radius 1 is 1.18 bits per heavy atom. The lowest BCUT2D eigenvalue weighted by molar-refractivity contribution is -0.141. The van der Waals surface area contributed by atoms with Gasteiger partial charge in [-0.15, -0.1) is 11.3 Å². The summed E-state index contributed by atoms with van der Waals surface area (Å²) in [5, 5.41) is 6.80. The van der Waals surface area contributed by atoms with E-state index in [1.165, 1.54) is 4.68 Å². The van der Waals surface area contributed by atoms with Crippen LogP contribution in [0.25, 0.3) is 12.2 Å². The number of thiazole rings is 1. The first kappa shape index (κ1) is 23.4. The van der Waals surface area contributed by atoms with Crippen molar-refractivity contribution in [3.05, 3.63) is 69.4 Å². The molecule has 1 fully saturated rings. The number of piperidine rings is 1. The van der Waals surface area contributed by atoms with Crippen LogP contribution in [-0.4, -0.2) is 45.1 Å². The quantitative estimate of drug-likeness (QED) is 0.437. The van der Waals surface area contributed by atoms with E-state index in [0.29, 0.717) is 24.7 Å². The van der Waals surface area contributed by atoms with Crippen LogP contribution in [0.4, 0.5) is 13.2 Å². The molecule has 3 aromatic rings. The molecule has 0 radical (unpaired) electrons. The zero-order valence-electron chi connectivity index (χ0n) is 18.2. The van der Waals surface area contributed by atoms with E-state index in [-0.39, 0.29) is 6.54 Å². The largest absolute Gasteiger partial charge is 0.435 e. The molecule has 4 rings (SSSR count). The highest BCUT2D eigenvalue weighted by Gasteiger charge is 2.35. The molecule has 33 heavy (non-hydrogen) atoms. The Bertz CT molecular complexity index is 1100. The minimum Gasteiger partial charge on any atom is -0.302 e. The maximum Gasteiger partial charge on any atom is 0.435 e. The van der Waals surface area contributed by atoms with Crippen molar-refractivity contribution < 1.29 is 18.0 Å². The van der Waals surface area contributed by atoms with E-state index < -0.39 is 17.9 Å². The number of halogens is 3. The fourth-order valence-electron chi connectivity index (χ4n) is 4.04. The molecule has 1 aromatic carbocycles. The average Bonchev–Trinajstić information content (AvgIpc) is 3.43. The number of carbonyl (C=O) groups excluding carboxylic acids is 1. The monoisotopic (exact) mass is 474 g/mol. The van der Waals surface area contributed by atoms with Gasteiger partial charge in [-0.2, -0.15) is 18.3 Å². The predicted molar refractivity (Wildman–Crippen MR) is 123 cm³/mol. The summed E-state index contributed by atoms with van der Waals surface area (Å²) in [7, 11) is 0. The summed E-state index contributed by atoms with van der Waals surface area (Å²) in [5.41, 5.74) is 1.52. The molecule has 0 aliphatic carbocycles. The number of aryl methyl sites for hydroxylation is 1. The number of nitrogens with zero attached hydrogens (tertiary/aromatic N) is 4. The second-order valence-corrected chi connectivity index (χ2v) is 9.11. The first-order chi connectivity index (χ1) is 15.8. The molecule has 3 heterocycles. The fourth-order valence-corrected chi connectivity index (χ4v) is 5.00. The predicted octanol–water partition coefficient (Wildman–Crippen LogP) is 5.28. The molecule has 1 atom stereocenters. The van der Waals surface area contributed by atoms with E-state index in [1.54, 1.807) is 18.3 Å². The van der Waals surface area contributed by atoms with E-state index in [0.717, 1.165) is 41.5 Å². The van der Waals surface area contributed by atoms with Gasteiger partial charge < -0.3 is 4.79 Å². The van der Waals surface area contributed by atoms with Crippen molar-refractivity contribution in [1.29, 1.82) is 0 Å². The lowest BCUT2D eigenvalue weighted by Gasteiger charge is -2.34. The molecule has 1 unspecified atom stereocenters. The molecule has 174 valence electrons. The van der Waals surface area contributed by atoms with Crippen LogP contribution >= 0.6 is 11.3 Å². The molecule has 2 aromatic heterocycles. The minimum atomic E-state index is -4.49. The van der Waals surface area contributed by atoms with Crippen molar-refractivity contribution in [3.63, 3.8) is 0 Å². The zero-order chi connectivity index (χ0) is 23.4. The van der Waals surface area contributed by atoms with E-state index in [9.17, 15) is 18.0 Å². The lowest BCUT2D eigenvalue weighted by Crippen LogP contribution is -2.44. The van der Waals surface area contributed by atoms with Crippen LogP contribution in [0.15, 0.2) is 41.8 Å². The molecular formula is C24H25F3N4OS. The van der Waals surface area contributed by atoms with Crippen molar-refractivity contribution in [1.82, 2.24) is 19.7 Å². The maximum atomic E-state index is 12.9. The fraction of sp³-hybridized carbons (Fsp3) is 0.375. The molecule has 0 amide bonds. The van der Waals surface area contributed by atoms with Crippen LogP contribution in [0.1, 0.15) is 46.4 Å². The molecule has 1 aliphatic rings. The van der Waals surface area contributed by atoms with E-state index in [4.69, 9.17) is 4.98 Å².